The molecular weight excluding hydrogens is 228 g/mol. The second-order valence-corrected chi connectivity index (χ2v) is 3.66. The molecule has 0 aliphatic rings. The van der Waals surface area contributed by atoms with Crippen LogP contribution in [0.4, 0.5) is 0 Å². The quantitative estimate of drug-likeness (QED) is 0.871. The van der Waals surface area contributed by atoms with Gasteiger partial charge in [-0.05, 0) is 24.6 Å². The van der Waals surface area contributed by atoms with E-state index in [0.29, 0.717) is 5.75 Å². The Hall–Kier alpha value is -1.81. The van der Waals surface area contributed by atoms with Gasteiger partial charge in [-0.15, -0.1) is 10.2 Å². The molecule has 16 heavy (non-hydrogen) atoms. The van der Waals surface area contributed by atoms with Crippen molar-refractivity contribution in [1.29, 1.82) is 0 Å². The van der Waals surface area contributed by atoms with Crippen LogP contribution in [-0.2, 0) is 0 Å². The highest BCUT2D eigenvalue weighted by molar-refractivity contribution is 6.29. The van der Waals surface area contributed by atoms with Crippen LogP contribution in [0, 0.1) is 6.92 Å². The Morgan fingerprint density at radius 1 is 1.25 bits per heavy atom. The van der Waals surface area contributed by atoms with Crippen LogP contribution in [0.25, 0.3) is 0 Å². The molecule has 4 nitrogen and oxygen atoms in total. The molecule has 5 heteroatoms. The predicted octanol–water partition coefficient (Wildman–Crippen LogP) is 2.94. The van der Waals surface area contributed by atoms with E-state index in [4.69, 9.17) is 16.3 Å². The molecule has 0 aliphatic carbocycles. The van der Waals surface area contributed by atoms with Crippen molar-refractivity contribution in [2.45, 2.75) is 6.92 Å². The molecule has 1 aromatic heterocycles. The van der Waals surface area contributed by atoms with E-state index in [1.165, 1.54) is 6.07 Å². The van der Waals surface area contributed by atoms with E-state index >= 15 is 0 Å². The fraction of sp³-hybridized carbons (Fsp3) is 0.0909. The zero-order valence-corrected chi connectivity index (χ0v) is 9.27. The summed E-state index contributed by atoms with van der Waals surface area (Å²) in [5.74, 6) is 0.489. The summed E-state index contributed by atoms with van der Waals surface area (Å²) in [5, 5.41) is 16.9. The minimum absolute atomic E-state index is 0.0370. The number of halogens is 1. The summed E-state index contributed by atoms with van der Waals surface area (Å²) in [6.07, 6.45) is 0. The van der Waals surface area contributed by atoms with Gasteiger partial charge in [-0.3, -0.25) is 0 Å². The van der Waals surface area contributed by atoms with Crippen LogP contribution in [0.15, 0.2) is 30.3 Å². The number of hydrogen-bond acceptors (Lipinski definition) is 4. The lowest BCUT2D eigenvalue weighted by atomic mass is 10.2. The molecule has 0 unspecified atom stereocenters. The first-order valence-electron chi connectivity index (χ1n) is 4.62. The van der Waals surface area contributed by atoms with Crippen molar-refractivity contribution in [3.63, 3.8) is 0 Å². The first-order chi connectivity index (χ1) is 7.65. The van der Waals surface area contributed by atoms with E-state index in [2.05, 4.69) is 10.2 Å². The van der Waals surface area contributed by atoms with E-state index < -0.39 is 0 Å². The molecule has 2 aromatic rings. The Labute approximate surface area is 97.5 Å². The van der Waals surface area contributed by atoms with Crippen molar-refractivity contribution < 1.29 is 9.84 Å². The van der Waals surface area contributed by atoms with E-state index in [1.54, 1.807) is 6.07 Å². The second kappa shape index (κ2) is 4.37. The highest BCUT2D eigenvalue weighted by Gasteiger charge is 2.07. The van der Waals surface area contributed by atoms with Gasteiger partial charge in [0.15, 0.2) is 10.9 Å². The van der Waals surface area contributed by atoms with Gasteiger partial charge in [0, 0.05) is 6.07 Å². The summed E-state index contributed by atoms with van der Waals surface area (Å²) in [6.45, 7) is 1.94. The molecule has 0 bridgehead atoms. The summed E-state index contributed by atoms with van der Waals surface area (Å²) in [7, 11) is 0. The van der Waals surface area contributed by atoms with E-state index in [-0.39, 0.29) is 16.8 Å². The number of aryl methyl sites for hydroxylation is 1. The van der Waals surface area contributed by atoms with Gasteiger partial charge in [0.25, 0.3) is 5.88 Å². The smallest absolute Gasteiger partial charge is 0.281 e. The maximum Gasteiger partial charge on any atom is 0.281 e. The van der Waals surface area contributed by atoms with Gasteiger partial charge >= 0.3 is 0 Å². The van der Waals surface area contributed by atoms with Crippen molar-refractivity contribution in [1.82, 2.24) is 10.2 Å². The molecule has 0 spiro atoms. The minimum atomic E-state index is -0.137. The Morgan fingerprint density at radius 2 is 2.06 bits per heavy atom. The van der Waals surface area contributed by atoms with E-state index in [0.717, 1.165) is 5.56 Å². The Bertz CT molecular complexity index is 517. The lowest BCUT2D eigenvalue weighted by molar-refractivity contribution is 0.391. The predicted molar refractivity (Wildman–Crippen MR) is 60.0 cm³/mol. The molecule has 0 fully saturated rings. The van der Waals surface area contributed by atoms with Gasteiger partial charge in [-0.25, -0.2) is 0 Å². The topological polar surface area (TPSA) is 55.2 Å². The van der Waals surface area contributed by atoms with Crippen molar-refractivity contribution in [2.75, 3.05) is 0 Å². The Kier molecular flexibility index (Phi) is 2.92. The SMILES string of the molecule is Cc1cccc(Oc2nnc(Cl)cc2O)c1. The standard InChI is InChI=1S/C11H9ClN2O2/c1-7-3-2-4-8(5-7)16-11-9(15)6-10(12)13-14-11/h2-6H,1H3,(H,13,15). The highest BCUT2D eigenvalue weighted by atomic mass is 35.5. The van der Waals surface area contributed by atoms with E-state index in [1.807, 2.05) is 25.1 Å². The number of rotatable bonds is 2. The van der Waals surface area contributed by atoms with Crippen molar-refractivity contribution in [3.8, 4) is 17.4 Å². The molecule has 1 N–H and O–H groups in total. The molecular formula is C11H9ClN2O2. The number of aromatic nitrogens is 2. The highest BCUT2D eigenvalue weighted by Crippen LogP contribution is 2.29. The summed E-state index contributed by atoms with van der Waals surface area (Å²) < 4.78 is 5.36. The normalized spacial score (nSPS) is 10.1. The van der Waals surface area contributed by atoms with Crippen molar-refractivity contribution in [3.05, 3.63) is 41.0 Å². The Morgan fingerprint density at radius 3 is 2.75 bits per heavy atom. The maximum absolute atomic E-state index is 9.51. The third-order valence-corrected chi connectivity index (χ3v) is 2.10. The van der Waals surface area contributed by atoms with Crippen LogP contribution < -0.4 is 4.74 Å². The maximum atomic E-state index is 9.51. The fourth-order valence-electron chi connectivity index (χ4n) is 1.21. The lowest BCUT2D eigenvalue weighted by Gasteiger charge is -2.05. The zero-order chi connectivity index (χ0) is 11.5. The van der Waals surface area contributed by atoms with Crippen LogP contribution in [-0.4, -0.2) is 15.3 Å². The molecule has 0 radical (unpaired) electrons. The van der Waals surface area contributed by atoms with Crippen molar-refractivity contribution >= 4 is 11.6 Å². The van der Waals surface area contributed by atoms with E-state index in [9.17, 15) is 5.11 Å². The van der Waals surface area contributed by atoms with Crippen molar-refractivity contribution in [2.24, 2.45) is 0 Å². The van der Waals surface area contributed by atoms with Crippen LogP contribution >= 0.6 is 11.6 Å². The summed E-state index contributed by atoms with van der Waals surface area (Å²) in [6, 6.07) is 8.67. The molecule has 0 aliphatic heterocycles. The molecule has 1 aromatic carbocycles. The van der Waals surface area contributed by atoms with Crippen LogP contribution in [0.3, 0.4) is 0 Å². The Balaban J connectivity index is 2.27. The summed E-state index contributed by atoms with van der Waals surface area (Å²) in [4.78, 5) is 0. The van der Waals surface area contributed by atoms with Crippen LogP contribution in [0.5, 0.6) is 17.4 Å². The molecule has 0 saturated carbocycles. The molecule has 1 heterocycles. The number of nitrogens with zero attached hydrogens (tertiary/aromatic N) is 2. The first kappa shape index (κ1) is 10.7. The summed E-state index contributed by atoms with van der Waals surface area (Å²) in [5.41, 5.74) is 1.05. The molecule has 0 amide bonds. The largest absolute Gasteiger partial charge is 0.503 e. The molecule has 0 saturated heterocycles. The number of benzene rings is 1. The van der Waals surface area contributed by atoms with Gasteiger partial charge in [0.1, 0.15) is 5.75 Å². The van der Waals surface area contributed by atoms with Crippen LogP contribution in [0.2, 0.25) is 5.15 Å². The first-order valence-corrected chi connectivity index (χ1v) is 4.99. The average molecular weight is 237 g/mol. The minimum Gasteiger partial charge on any atom is -0.503 e. The number of ether oxygens (including phenoxy) is 1. The summed E-state index contributed by atoms with van der Waals surface area (Å²) >= 11 is 5.56. The second-order valence-electron chi connectivity index (χ2n) is 3.28. The molecule has 0 atom stereocenters. The number of hydrogen-bond donors (Lipinski definition) is 1. The average Bonchev–Trinajstić information content (AvgIpc) is 2.22. The third kappa shape index (κ3) is 2.41. The number of aromatic hydroxyl groups is 1. The van der Waals surface area contributed by atoms with Gasteiger partial charge in [-0.1, -0.05) is 23.7 Å². The monoisotopic (exact) mass is 236 g/mol. The molecule has 82 valence electrons. The molecule has 2 rings (SSSR count). The van der Waals surface area contributed by atoms with Crippen LogP contribution in [0.1, 0.15) is 5.56 Å². The van der Waals surface area contributed by atoms with Gasteiger partial charge in [-0.2, -0.15) is 0 Å². The zero-order valence-electron chi connectivity index (χ0n) is 8.51. The lowest BCUT2D eigenvalue weighted by Crippen LogP contribution is -1.91. The van der Waals surface area contributed by atoms with Gasteiger partial charge in [0.05, 0.1) is 0 Å². The van der Waals surface area contributed by atoms with Gasteiger partial charge in [0.2, 0.25) is 0 Å². The third-order valence-electron chi connectivity index (χ3n) is 1.92. The fourth-order valence-corrected chi connectivity index (χ4v) is 1.35. The van der Waals surface area contributed by atoms with Gasteiger partial charge < -0.3 is 9.84 Å².